The van der Waals surface area contributed by atoms with E-state index < -0.39 is 17.4 Å². The molecule has 4 saturated carbocycles. The van der Waals surface area contributed by atoms with Crippen LogP contribution in [0.3, 0.4) is 0 Å². The van der Waals surface area contributed by atoms with Crippen molar-refractivity contribution in [3.8, 4) is 17.4 Å². The highest BCUT2D eigenvalue weighted by molar-refractivity contribution is 6.00. The van der Waals surface area contributed by atoms with Crippen LogP contribution in [0, 0.1) is 56.2 Å². The quantitative estimate of drug-likeness (QED) is 0.215. The first-order chi connectivity index (χ1) is 26.7. The number of aromatic nitrogens is 5. The van der Waals surface area contributed by atoms with E-state index in [1.54, 1.807) is 33.4 Å². The second-order valence-corrected chi connectivity index (χ2v) is 20.7. The van der Waals surface area contributed by atoms with E-state index in [0.717, 1.165) is 62.8 Å². The van der Waals surface area contributed by atoms with Crippen LogP contribution in [-0.4, -0.2) is 67.3 Å². The highest BCUT2D eigenvalue weighted by Crippen LogP contribution is 2.77. The second-order valence-electron chi connectivity index (χ2n) is 20.7. The van der Waals surface area contributed by atoms with E-state index in [-0.39, 0.29) is 57.2 Å². The molecule has 12 heteroatoms. The standard InChI is InChI=1S/C45H66N6O6/c1-26(2)35-29(52)21-45(22-33-49-50-38(51(33)20-19-46)37-47-24-27(56-10)25-48-37)18-17-43(8)28(36(35)45)11-12-31-42(7)15-14-32(57-34(53)23-40(3,4)39(54)55)41(5,6)30(42)13-16-44(31,43)9/h24-26,28,30-32H,11-23,46H2,1-10H3,(H,54,55)/t28-,30+,31-,32+,42+,43-,44-,45+/m1/s1. The smallest absolute Gasteiger partial charge is 0.309 e. The number of carboxylic acid groups (broad SMARTS) is 1. The van der Waals surface area contributed by atoms with E-state index in [1.165, 1.54) is 5.57 Å². The number of aliphatic carboxylic acids is 1. The first-order valence-corrected chi connectivity index (χ1v) is 21.4. The lowest BCUT2D eigenvalue weighted by atomic mass is 9.33. The highest BCUT2D eigenvalue weighted by Gasteiger charge is 2.70. The van der Waals surface area contributed by atoms with Gasteiger partial charge < -0.3 is 24.9 Å². The Kier molecular flexibility index (Phi) is 10.4. The van der Waals surface area contributed by atoms with Gasteiger partial charge in [0.15, 0.2) is 17.4 Å². The largest absolute Gasteiger partial charge is 0.494 e. The van der Waals surface area contributed by atoms with Crippen LogP contribution in [0.1, 0.15) is 132 Å². The Hall–Kier alpha value is -3.67. The van der Waals surface area contributed by atoms with Gasteiger partial charge in [-0.25, -0.2) is 9.97 Å². The number of esters is 1. The number of fused-ring (bicyclic) bond motifs is 7. The van der Waals surface area contributed by atoms with Crippen molar-refractivity contribution in [2.24, 2.45) is 61.9 Å². The molecule has 0 bridgehead atoms. The fraction of sp³-hybridized carbons (Fsp3) is 0.756. The molecule has 0 radical (unpaired) electrons. The number of nitrogens with zero attached hydrogens (tertiary/aromatic N) is 5. The van der Waals surface area contributed by atoms with Gasteiger partial charge in [0.1, 0.15) is 11.9 Å². The van der Waals surface area contributed by atoms with Crippen LogP contribution in [0.2, 0.25) is 0 Å². The maximum atomic E-state index is 14.3. The maximum Gasteiger partial charge on any atom is 0.309 e. The molecule has 312 valence electrons. The topological polar surface area (TPSA) is 172 Å². The van der Waals surface area contributed by atoms with Crippen molar-refractivity contribution in [1.82, 2.24) is 24.7 Å². The monoisotopic (exact) mass is 787 g/mol. The van der Waals surface area contributed by atoms with Crippen molar-refractivity contribution in [2.45, 2.75) is 146 Å². The lowest BCUT2D eigenvalue weighted by Gasteiger charge is -2.72. The molecule has 2 heterocycles. The summed E-state index contributed by atoms with van der Waals surface area (Å²) in [6, 6.07) is 0. The number of methoxy groups -OCH3 is 1. The number of hydrogen-bond acceptors (Lipinski definition) is 10. The molecular formula is C45H66N6O6. The number of rotatable bonds is 11. The Labute approximate surface area is 338 Å². The third-order valence-corrected chi connectivity index (χ3v) is 16.7. The fourth-order valence-electron chi connectivity index (χ4n) is 13.6. The Morgan fingerprint density at radius 3 is 2.30 bits per heavy atom. The summed E-state index contributed by atoms with van der Waals surface area (Å²) < 4.78 is 13.5. The summed E-state index contributed by atoms with van der Waals surface area (Å²) in [5.41, 5.74) is 6.97. The molecule has 0 unspecified atom stereocenters. The number of Topliss-reactive ketones (excluding diaryl/α,β-unsaturated/α-hetero) is 1. The third-order valence-electron chi connectivity index (χ3n) is 16.7. The van der Waals surface area contributed by atoms with Crippen LogP contribution in [0.5, 0.6) is 5.75 Å². The molecule has 0 aliphatic heterocycles. The maximum absolute atomic E-state index is 14.3. The number of carbonyl (C=O) groups excluding carboxylic acids is 2. The van der Waals surface area contributed by atoms with E-state index in [0.29, 0.717) is 55.2 Å². The number of allylic oxidation sites excluding steroid dienone is 2. The molecule has 5 aliphatic rings. The van der Waals surface area contributed by atoms with Crippen LogP contribution in [0.25, 0.3) is 11.6 Å². The van der Waals surface area contributed by atoms with Gasteiger partial charge in [0, 0.05) is 36.8 Å². The molecular weight excluding hydrogens is 721 g/mol. The van der Waals surface area contributed by atoms with Crippen molar-refractivity contribution >= 4 is 17.7 Å². The molecule has 8 atom stereocenters. The van der Waals surface area contributed by atoms with E-state index >= 15 is 0 Å². The summed E-state index contributed by atoms with van der Waals surface area (Å²) in [4.78, 5) is 48.3. The normalized spacial score (nSPS) is 34.6. The van der Waals surface area contributed by atoms with Crippen molar-refractivity contribution in [2.75, 3.05) is 13.7 Å². The van der Waals surface area contributed by atoms with Gasteiger partial charge in [0.25, 0.3) is 0 Å². The molecule has 2 aromatic heterocycles. The Morgan fingerprint density at radius 2 is 1.67 bits per heavy atom. The molecule has 5 aliphatic carbocycles. The Balaban J connectivity index is 1.20. The summed E-state index contributed by atoms with van der Waals surface area (Å²) in [6.45, 7) is 20.7. The molecule has 0 amide bonds. The Bertz CT molecular complexity index is 1950. The summed E-state index contributed by atoms with van der Waals surface area (Å²) in [5.74, 6) is 2.56. The number of carboxylic acids is 1. The zero-order chi connectivity index (χ0) is 41.5. The van der Waals surface area contributed by atoms with Crippen LogP contribution in [-0.2, 0) is 32.1 Å². The lowest BCUT2D eigenvalue weighted by molar-refractivity contribution is -0.233. The summed E-state index contributed by atoms with van der Waals surface area (Å²) in [7, 11) is 1.58. The van der Waals surface area contributed by atoms with Gasteiger partial charge in [0.05, 0.1) is 31.3 Å². The molecule has 0 spiro atoms. The number of hydrogen-bond donors (Lipinski definition) is 2. The predicted molar refractivity (Wildman–Crippen MR) is 216 cm³/mol. The molecule has 2 aromatic rings. The molecule has 57 heavy (non-hydrogen) atoms. The minimum absolute atomic E-state index is 0.00358. The Morgan fingerprint density at radius 1 is 0.965 bits per heavy atom. The van der Waals surface area contributed by atoms with Gasteiger partial charge in [0.2, 0.25) is 5.82 Å². The fourth-order valence-corrected chi connectivity index (χ4v) is 13.6. The van der Waals surface area contributed by atoms with Crippen LogP contribution in [0.15, 0.2) is 23.5 Å². The molecule has 0 aromatic carbocycles. The van der Waals surface area contributed by atoms with Crippen molar-refractivity contribution < 1.29 is 29.0 Å². The number of ketones is 1. The first kappa shape index (κ1) is 41.5. The van der Waals surface area contributed by atoms with Crippen LogP contribution < -0.4 is 10.5 Å². The zero-order valence-electron chi connectivity index (χ0n) is 36.0. The van der Waals surface area contributed by atoms with Crippen molar-refractivity contribution in [1.29, 1.82) is 0 Å². The summed E-state index contributed by atoms with van der Waals surface area (Å²) >= 11 is 0. The molecule has 0 saturated heterocycles. The molecule has 7 rings (SSSR count). The minimum Gasteiger partial charge on any atom is -0.494 e. The second kappa shape index (κ2) is 14.3. The van der Waals surface area contributed by atoms with Crippen LogP contribution in [0.4, 0.5) is 0 Å². The third kappa shape index (κ3) is 6.36. The predicted octanol–water partition coefficient (Wildman–Crippen LogP) is 7.64. The van der Waals surface area contributed by atoms with Crippen molar-refractivity contribution in [3.63, 3.8) is 0 Å². The minimum atomic E-state index is -1.17. The molecule has 4 fully saturated rings. The van der Waals surface area contributed by atoms with Gasteiger partial charge in [-0.2, -0.15) is 0 Å². The van der Waals surface area contributed by atoms with Gasteiger partial charge >= 0.3 is 11.9 Å². The average Bonchev–Trinajstić information content (AvgIpc) is 3.66. The van der Waals surface area contributed by atoms with Gasteiger partial charge in [-0.05, 0) is 111 Å². The van der Waals surface area contributed by atoms with E-state index in [4.69, 9.17) is 20.3 Å². The van der Waals surface area contributed by atoms with Crippen LogP contribution >= 0.6 is 0 Å². The van der Waals surface area contributed by atoms with Crippen molar-refractivity contribution in [3.05, 3.63) is 29.4 Å². The van der Waals surface area contributed by atoms with Gasteiger partial charge in [-0.15, -0.1) is 10.2 Å². The van der Waals surface area contributed by atoms with E-state index in [9.17, 15) is 19.5 Å². The summed E-state index contributed by atoms with van der Waals surface area (Å²) in [5, 5.41) is 19.0. The van der Waals surface area contributed by atoms with Gasteiger partial charge in [-0.3, -0.25) is 14.4 Å². The average molecular weight is 787 g/mol. The number of nitrogens with two attached hydrogens (primary N) is 1. The van der Waals surface area contributed by atoms with E-state index in [2.05, 4.69) is 68.1 Å². The summed E-state index contributed by atoms with van der Waals surface area (Å²) in [6.07, 6.45) is 12.0. The highest BCUT2D eigenvalue weighted by atomic mass is 16.5. The molecule has 3 N–H and O–H groups in total. The number of carbonyl (C=O) groups is 3. The van der Waals surface area contributed by atoms with E-state index in [1.807, 2.05) is 0 Å². The van der Waals surface area contributed by atoms with Gasteiger partial charge in [-0.1, -0.05) is 54.0 Å². The number of ether oxygens (including phenoxy) is 2. The zero-order valence-corrected chi connectivity index (χ0v) is 36.0. The first-order valence-electron chi connectivity index (χ1n) is 21.4. The SMILES string of the molecule is COc1cnc(-c2nnc(C[C@@]34CC[C@]5(C)[C@H](CC[C@@H]6[C@@]7(C)CC[C@H](OC(=O)CC(C)(C)C(=O)O)C(C)(C)[C@@H]7CC[C@]65C)C3=C(C(C)C)C(=O)C4)n2CCN)nc1. The molecule has 12 nitrogen and oxygen atoms in total. The lowest BCUT2D eigenvalue weighted by Crippen LogP contribution is -2.65.